The average molecular weight is 417 g/mol. The number of likely N-dealkylation sites (N-methyl/N-ethyl adjacent to an activating group) is 1. The normalized spacial score (nSPS) is 20.4. The lowest BCUT2D eigenvalue weighted by molar-refractivity contribution is -0.137. The number of thioether (sulfide) groups is 1. The largest absolute Gasteiger partial charge is 0.416 e. The highest BCUT2D eigenvalue weighted by atomic mass is 32.2. The van der Waals surface area contributed by atoms with Crippen molar-refractivity contribution in [1.29, 1.82) is 0 Å². The Bertz CT molecular complexity index is 717. The molecule has 1 saturated heterocycles. The summed E-state index contributed by atoms with van der Waals surface area (Å²) in [4.78, 5) is 27.8. The monoisotopic (exact) mass is 417 g/mol. The first-order chi connectivity index (χ1) is 12.8. The molecule has 0 aliphatic carbocycles. The highest BCUT2D eigenvalue weighted by molar-refractivity contribution is 8.01. The smallest absolute Gasteiger partial charge is 0.333 e. The number of nitrogens with one attached hydrogen (secondary N) is 1. The number of hydrogen-bond acceptors (Lipinski definition) is 3. The van der Waals surface area contributed by atoms with Gasteiger partial charge in [-0.2, -0.15) is 13.2 Å². The van der Waals surface area contributed by atoms with E-state index >= 15 is 0 Å². The van der Waals surface area contributed by atoms with Crippen LogP contribution in [0.1, 0.15) is 44.2 Å². The van der Waals surface area contributed by atoms with Crippen LogP contribution in [0.4, 0.5) is 18.0 Å². The molecular formula is C19H26F3N3O2S. The maximum Gasteiger partial charge on any atom is 0.416 e. The van der Waals surface area contributed by atoms with E-state index in [1.165, 1.54) is 28.8 Å². The van der Waals surface area contributed by atoms with Gasteiger partial charge >= 0.3 is 12.2 Å². The Morgan fingerprint density at radius 1 is 1.21 bits per heavy atom. The van der Waals surface area contributed by atoms with Crippen molar-refractivity contribution >= 4 is 23.7 Å². The quantitative estimate of drug-likeness (QED) is 0.802. The number of carbonyl (C=O) groups excluding carboxylic acids is 2. The van der Waals surface area contributed by atoms with Crippen molar-refractivity contribution in [3.8, 4) is 0 Å². The molecule has 0 aromatic heterocycles. The number of urea groups is 1. The van der Waals surface area contributed by atoms with Crippen molar-refractivity contribution in [2.45, 2.75) is 50.0 Å². The van der Waals surface area contributed by atoms with Crippen LogP contribution in [0.3, 0.4) is 0 Å². The first kappa shape index (κ1) is 22.4. The average Bonchev–Trinajstić information content (AvgIpc) is 2.85. The number of rotatable bonds is 4. The number of amides is 3. The molecule has 156 valence electrons. The SMILES string of the molecule is C[C@@H]1S[C@H](c2ccc(C(F)(F)F)cc2)N(CCN(C)C(=O)NC(C)(C)C)C1=O. The number of hydrogen-bond donors (Lipinski definition) is 1. The maximum absolute atomic E-state index is 12.8. The summed E-state index contributed by atoms with van der Waals surface area (Å²) >= 11 is 1.39. The third-order valence-electron chi connectivity index (χ3n) is 4.28. The minimum Gasteiger partial charge on any atom is -0.333 e. The molecule has 28 heavy (non-hydrogen) atoms. The predicted octanol–water partition coefficient (Wildman–Crippen LogP) is 4.11. The standard InChI is InChI=1S/C19H26F3N3O2S/c1-12-15(26)25(11-10-24(5)17(27)23-18(2,3)4)16(28-12)13-6-8-14(9-7-13)19(20,21)22/h6-9,12,16H,10-11H2,1-5H3,(H,23,27)/t12-,16+/m0/s1. The van der Waals surface area contributed by atoms with Crippen LogP contribution >= 0.6 is 11.8 Å². The fraction of sp³-hybridized carbons (Fsp3) is 0.579. The molecule has 1 aromatic rings. The second kappa shape index (κ2) is 8.23. The summed E-state index contributed by atoms with van der Waals surface area (Å²) in [6, 6.07) is 4.64. The molecule has 1 fully saturated rings. The van der Waals surface area contributed by atoms with Crippen LogP contribution in [0.25, 0.3) is 0 Å². The fourth-order valence-corrected chi connectivity index (χ4v) is 4.08. The van der Waals surface area contributed by atoms with Crippen molar-refractivity contribution in [2.24, 2.45) is 0 Å². The number of alkyl halides is 3. The van der Waals surface area contributed by atoms with Gasteiger partial charge in [-0.05, 0) is 45.4 Å². The Morgan fingerprint density at radius 2 is 1.79 bits per heavy atom. The molecule has 9 heteroatoms. The number of carbonyl (C=O) groups is 2. The van der Waals surface area contributed by atoms with Gasteiger partial charge in [-0.1, -0.05) is 12.1 Å². The van der Waals surface area contributed by atoms with E-state index in [4.69, 9.17) is 0 Å². The Labute approximate surface area is 167 Å². The van der Waals surface area contributed by atoms with Crippen LogP contribution in [0.15, 0.2) is 24.3 Å². The summed E-state index contributed by atoms with van der Waals surface area (Å²) < 4.78 is 38.4. The lowest BCUT2D eigenvalue weighted by Crippen LogP contribution is -2.49. The molecule has 1 aromatic carbocycles. The molecule has 0 unspecified atom stereocenters. The van der Waals surface area contributed by atoms with E-state index in [1.807, 2.05) is 20.8 Å². The topological polar surface area (TPSA) is 52.6 Å². The number of benzene rings is 1. The highest BCUT2D eigenvalue weighted by Crippen LogP contribution is 2.43. The van der Waals surface area contributed by atoms with Gasteiger partial charge in [0.05, 0.1) is 10.8 Å². The summed E-state index contributed by atoms with van der Waals surface area (Å²) in [7, 11) is 1.64. The zero-order valence-electron chi connectivity index (χ0n) is 16.6. The van der Waals surface area contributed by atoms with Crippen LogP contribution in [-0.4, -0.2) is 52.7 Å². The van der Waals surface area contributed by atoms with E-state index in [-0.39, 0.29) is 28.1 Å². The van der Waals surface area contributed by atoms with Gasteiger partial charge in [0.1, 0.15) is 5.37 Å². The van der Waals surface area contributed by atoms with Gasteiger partial charge in [-0.15, -0.1) is 11.8 Å². The Balaban J connectivity index is 2.09. The van der Waals surface area contributed by atoms with Crippen molar-refractivity contribution in [2.75, 3.05) is 20.1 Å². The molecule has 1 aliphatic heterocycles. The Morgan fingerprint density at radius 3 is 2.29 bits per heavy atom. The Hall–Kier alpha value is -1.90. The zero-order chi connectivity index (χ0) is 21.3. The van der Waals surface area contributed by atoms with Gasteiger partial charge in [0.15, 0.2) is 0 Å². The minimum absolute atomic E-state index is 0.0838. The summed E-state index contributed by atoms with van der Waals surface area (Å²) in [5, 5.41) is 2.19. The fourth-order valence-electron chi connectivity index (χ4n) is 2.77. The van der Waals surface area contributed by atoms with Crippen molar-refractivity contribution < 1.29 is 22.8 Å². The molecule has 1 aliphatic rings. The van der Waals surface area contributed by atoms with Gasteiger partial charge in [0.2, 0.25) is 5.91 Å². The first-order valence-corrected chi connectivity index (χ1v) is 9.90. The third-order valence-corrected chi connectivity index (χ3v) is 5.67. The molecule has 5 nitrogen and oxygen atoms in total. The molecular weight excluding hydrogens is 391 g/mol. The molecule has 0 saturated carbocycles. The van der Waals surface area contributed by atoms with Crippen LogP contribution < -0.4 is 5.32 Å². The lowest BCUT2D eigenvalue weighted by atomic mass is 10.1. The zero-order valence-corrected chi connectivity index (χ0v) is 17.4. The van der Waals surface area contributed by atoms with Crippen LogP contribution in [0.5, 0.6) is 0 Å². The molecule has 1 N–H and O–H groups in total. The van der Waals surface area contributed by atoms with E-state index in [0.717, 1.165) is 12.1 Å². The highest BCUT2D eigenvalue weighted by Gasteiger charge is 2.39. The van der Waals surface area contributed by atoms with Gasteiger partial charge in [-0.25, -0.2) is 4.79 Å². The van der Waals surface area contributed by atoms with Crippen LogP contribution in [0.2, 0.25) is 0 Å². The van der Waals surface area contributed by atoms with E-state index < -0.39 is 11.7 Å². The molecule has 3 amide bonds. The van der Waals surface area contributed by atoms with Gasteiger partial charge in [0.25, 0.3) is 0 Å². The van der Waals surface area contributed by atoms with Gasteiger partial charge < -0.3 is 15.1 Å². The van der Waals surface area contributed by atoms with Crippen LogP contribution in [0, 0.1) is 0 Å². The summed E-state index contributed by atoms with van der Waals surface area (Å²) in [5.74, 6) is -0.0838. The van der Waals surface area contributed by atoms with E-state index in [0.29, 0.717) is 18.7 Å². The van der Waals surface area contributed by atoms with E-state index in [1.54, 1.807) is 18.9 Å². The molecule has 2 rings (SSSR count). The second-order valence-corrected chi connectivity index (χ2v) is 9.31. The predicted molar refractivity (Wildman–Crippen MR) is 104 cm³/mol. The first-order valence-electron chi connectivity index (χ1n) is 8.96. The number of nitrogens with zero attached hydrogens (tertiary/aromatic N) is 2. The van der Waals surface area contributed by atoms with Gasteiger partial charge in [-0.3, -0.25) is 4.79 Å². The van der Waals surface area contributed by atoms with Crippen molar-refractivity contribution in [1.82, 2.24) is 15.1 Å². The molecule has 0 spiro atoms. The second-order valence-electron chi connectivity index (χ2n) is 7.88. The summed E-state index contributed by atoms with van der Waals surface area (Å²) in [5.41, 5.74) is -0.455. The van der Waals surface area contributed by atoms with Crippen molar-refractivity contribution in [3.63, 3.8) is 0 Å². The van der Waals surface area contributed by atoms with E-state index in [9.17, 15) is 22.8 Å². The maximum atomic E-state index is 12.8. The molecule has 1 heterocycles. The van der Waals surface area contributed by atoms with Crippen LogP contribution in [-0.2, 0) is 11.0 Å². The molecule has 0 radical (unpaired) electrons. The Kier molecular flexibility index (Phi) is 6.58. The molecule has 0 bridgehead atoms. The number of halogens is 3. The molecule has 2 atom stereocenters. The summed E-state index contributed by atoms with van der Waals surface area (Å²) in [6.45, 7) is 8.03. The van der Waals surface area contributed by atoms with Crippen molar-refractivity contribution in [3.05, 3.63) is 35.4 Å². The lowest BCUT2D eigenvalue weighted by Gasteiger charge is -2.29. The minimum atomic E-state index is -4.40. The van der Waals surface area contributed by atoms with E-state index in [2.05, 4.69) is 5.32 Å². The van der Waals surface area contributed by atoms with Gasteiger partial charge in [0, 0.05) is 25.7 Å². The third kappa shape index (κ3) is 5.56. The summed E-state index contributed by atoms with van der Waals surface area (Å²) in [6.07, 6.45) is -4.40.